The molecule has 1 atom stereocenters. The highest BCUT2D eigenvalue weighted by Crippen LogP contribution is 2.31. The normalized spacial score (nSPS) is 11.8. The van der Waals surface area contributed by atoms with E-state index in [9.17, 15) is 0 Å². The molecular weight excluding hydrogens is 360 g/mol. The number of pyridine rings is 1. The first-order chi connectivity index (χ1) is 13.2. The van der Waals surface area contributed by atoms with Crippen LogP contribution in [0.25, 0.3) is 0 Å². The third kappa shape index (κ3) is 5.22. The second-order valence-corrected chi connectivity index (χ2v) is 6.57. The van der Waals surface area contributed by atoms with Crippen LogP contribution in [0, 0.1) is 0 Å². The molecule has 0 radical (unpaired) electrons. The summed E-state index contributed by atoms with van der Waals surface area (Å²) in [7, 11) is 0. The molecule has 0 fully saturated rings. The fraction of sp³-hybridized carbons (Fsp3) is 0.227. The maximum atomic E-state index is 6.29. The van der Waals surface area contributed by atoms with E-state index < -0.39 is 0 Å². The highest BCUT2D eigenvalue weighted by atomic mass is 35.5. The fourth-order valence-corrected chi connectivity index (χ4v) is 2.98. The van der Waals surface area contributed by atoms with Gasteiger partial charge in [0.25, 0.3) is 0 Å². The summed E-state index contributed by atoms with van der Waals surface area (Å²) >= 11 is 6.20. The summed E-state index contributed by atoms with van der Waals surface area (Å²) in [6, 6.07) is 19.1. The lowest BCUT2D eigenvalue weighted by Gasteiger charge is -2.16. The minimum atomic E-state index is -0.171. The maximum absolute atomic E-state index is 6.29. The second kappa shape index (κ2) is 9.40. The van der Waals surface area contributed by atoms with Gasteiger partial charge in [-0.05, 0) is 49.2 Å². The Labute approximate surface area is 164 Å². The van der Waals surface area contributed by atoms with Crippen molar-refractivity contribution in [3.05, 3.63) is 88.7 Å². The largest absolute Gasteiger partial charge is 0.490 e. The van der Waals surface area contributed by atoms with Crippen molar-refractivity contribution in [3.8, 4) is 11.5 Å². The van der Waals surface area contributed by atoms with Gasteiger partial charge in [-0.2, -0.15) is 0 Å². The van der Waals surface area contributed by atoms with E-state index in [0.29, 0.717) is 36.2 Å². The zero-order valence-electron chi connectivity index (χ0n) is 15.3. The number of hydrogen-bond donors (Lipinski definition) is 1. The Kier molecular flexibility index (Phi) is 6.69. The van der Waals surface area contributed by atoms with Crippen LogP contribution in [0.5, 0.6) is 11.5 Å². The Balaban J connectivity index is 1.73. The van der Waals surface area contributed by atoms with E-state index in [1.165, 1.54) is 0 Å². The molecule has 0 aliphatic carbocycles. The molecule has 2 aromatic carbocycles. The van der Waals surface area contributed by atoms with Crippen LogP contribution in [0.2, 0.25) is 5.02 Å². The average Bonchev–Trinajstić information content (AvgIpc) is 2.69. The van der Waals surface area contributed by atoms with Gasteiger partial charge in [0.2, 0.25) is 0 Å². The third-order valence-electron chi connectivity index (χ3n) is 4.17. The number of ether oxygens (including phenoxy) is 2. The van der Waals surface area contributed by atoms with Crippen molar-refractivity contribution in [1.82, 2.24) is 4.98 Å². The predicted octanol–water partition coefficient (Wildman–Crippen LogP) is 4.96. The van der Waals surface area contributed by atoms with Crippen molar-refractivity contribution in [2.24, 2.45) is 5.73 Å². The number of aromatic nitrogens is 1. The van der Waals surface area contributed by atoms with E-state index in [1.807, 2.05) is 67.6 Å². The SMILES string of the molecule is CCOc1cc(CC(N)c2ccccn2)ccc1OCc1ccccc1Cl. The monoisotopic (exact) mass is 382 g/mol. The Morgan fingerprint density at radius 2 is 1.81 bits per heavy atom. The first kappa shape index (κ1) is 19.2. The zero-order valence-corrected chi connectivity index (χ0v) is 16.0. The van der Waals surface area contributed by atoms with Crippen LogP contribution in [0.15, 0.2) is 66.9 Å². The molecule has 140 valence electrons. The summed E-state index contributed by atoms with van der Waals surface area (Å²) in [5, 5.41) is 0.688. The van der Waals surface area contributed by atoms with Crippen LogP contribution in [-0.2, 0) is 13.0 Å². The van der Waals surface area contributed by atoms with E-state index in [4.69, 9.17) is 26.8 Å². The molecule has 27 heavy (non-hydrogen) atoms. The summed E-state index contributed by atoms with van der Waals surface area (Å²) < 4.78 is 11.7. The number of nitrogens with two attached hydrogens (primary N) is 1. The van der Waals surface area contributed by atoms with Crippen molar-refractivity contribution in [3.63, 3.8) is 0 Å². The molecule has 0 saturated carbocycles. The average molecular weight is 383 g/mol. The molecule has 0 aliphatic heterocycles. The Morgan fingerprint density at radius 3 is 2.56 bits per heavy atom. The van der Waals surface area contributed by atoms with Crippen molar-refractivity contribution in [2.45, 2.75) is 26.0 Å². The molecule has 3 rings (SSSR count). The lowest BCUT2D eigenvalue weighted by Crippen LogP contribution is -2.14. The standard InChI is InChI=1S/C22H23ClN2O2/c1-2-26-22-14-16(13-19(24)20-9-5-6-12-25-20)10-11-21(22)27-15-17-7-3-4-8-18(17)23/h3-12,14,19H,2,13,15,24H2,1H3. The quantitative estimate of drug-likeness (QED) is 0.598. The number of halogens is 1. The molecule has 1 heterocycles. The molecule has 1 unspecified atom stereocenters. The minimum Gasteiger partial charge on any atom is -0.490 e. The summed E-state index contributed by atoms with van der Waals surface area (Å²) in [4.78, 5) is 4.33. The van der Waals surface area contributed by atoms with E-state index in [-0.39, 0.29) is 6.04 Å². The van der Waals surface area contributed by atoms with Crippen molar-refractivity contribution >= 4 is 11.6 Å². The number of rotatable bonds is 8. The van der Waals surface area contributed by atoms with Gasteiger partial charge in [-0.1, -0.05) is 41.9 Å². The van der Waals surface area contributed by atoms with Crippen LogP contribution >= 0.6 is 11.6 Å². The van der Waals surface area contributed by atoms with Gasteiger partial charge in [0.05, 0.1) is 18.3 Å². The highest BCUT2D eigenvalue weighted by molar-refractivity contribution is 6.31. The summed E-state index contributed by atoms with van der Waals surface area (Å²) in [5.41, 5.74) is 9.17. The lowest BCUT2D eigenvalue weighted by molar-refractivity contribution is 0.269. The third-order valence-corrected chi connectivity index (χ3v) is 4.54. The van der Waals surface area contributed by atoms with Gasteiger partial charge in [0.15, 0.2) is 11.5 Å². The Bertz CT molecular complexity index is 871. The van der Waals surface area contributed by atoms with Crippen molar-refractivity contribution in [1.29, 1.82) is 0 Å². The van der Waals surface area contributed by atoms with Crippen molar-refractivity contribution in [2.75, 3.05) is 6.61 Å². The van der Waals surface area contributed by atoms with E-state index in [1.54, 1.807) is 6.20 Å². The van der Waals surface area contributed by atoms with Gasteiger partial charge < -0.3 is 15.2 Å². The molecule has 0 saturated heterocycles. The van der Waals surface area contributed by atoms with Gasteiger partial charge in [0, 0.05) is 16.8 Å². The maximum Gasteiger partial charge on any atom is 0.161 e. The lowest BCUT2D eigenvalue weighted by atomic mass is 10.0. The van der Waals surface area contributed by atoms with E-state index in [0.717, 1.165) is 16.8 Å². The molecule has 5 heteroatoms. The van der Waals surface area contributed by atoms with Gasteiger partial charge in [-0.3, -0.25) is 4.98 Å². The topological polar surface area (TPSA) is 57.4 Å². The molecule has 1 aromatic heterocycles. The summed E-state index contributed by atoms with van der Waals surface area (Å²) in [6.07, 6.45) is 2.42. The minimum absolute atomic E-state index is 0.171. The zero-order chi connectivity index (χ0) is 19.1. The second-order valence-electron chi connectivity index (χ2n) is 6.16. The van der Waals surface area contributed by atoms with Crippen LogP contribution in [0.4, 0.5) is 0 Å². The molecular formula is C22H23ClN2O2. The Morgan fingerprint density at radius 1 is 1.00 bits per heavy atom. The predicted molar refractivity (Wildman–Crippen MR) is 108 cm³/mol. The van der Waals surface area contributed by atoms with Crippen LogP contribution in [-0.4, -0.2) is 11.6 Å². The smallest absolute Gasteiger partial charge is 0.161 e. The molecule has 4 nitrogen and oxygen atoms in total. The molecule has 2 N–H and O–H groups in total. The van der Waals surface area contributed by atoms with E-state index in [2.05, 4.69) is 4.98 Å². The molecule has 0 bridgehead atoms. The van der Waals surface area contributed by atoms with Gasteiger partial charge >= 0.3 is 0 Å². The number of nitrogens with zero attached hydrogens (tertiary/aromatic N) is 1. The van der Waals surface area contributed by atoms with Crippen LogP contribution in [0.3, 0.4) is 0 Å². The first-order valence-electron chi connectivity index (χ1n) is 8.95. The molecule has 0 amide bonds. The van der Waals surface area contributed by atoms with Crippen LogP contribution < -0.4 is 15.2 Å². The number of hydrogen-bond acceptors (Lipinski definition) is 4. The summed E-state index contributed by atoms with van der Waals surface area (Å²) in [6.45, 7) is 2.88. The first-order valence-corrected chi connectivity index (χ1v) is 9.33. The molecule has 0 aliphatic rings. The van der Waals surface area contributed by atoms with Gasteiger partial charge in [0.1, 0.15) is 6.61 Å². The fourth-order valence-electron chi connectivity index (χ4n) is 2.79. The molecule has 0 spiro atoms. The van der Waals surface area contributed by atoms with Crippen molar-refractivity contribution < 1.29 is 9.47 Å². The van der Waals surface area contributed by atoms with E-state index >= 15 is 0 Å². The number of benzene rings is 2. The molecule has 3 aromatic rings. The highest BCUT2D eigenvalue weighted by Gasteiger charge is 2.12. The van der Waals surface area contributed by atoms with Crippen LogP contribution in [0.1, 0.15) is 29.8 Å². The van der Waals surface area contributed by atoms with Gasteiger partial charge in [-0.15, -0.1) is 0 Å². The Hall–Kier alpha value is -2.56. The van der Waals surface area contributed by atoms with Gasteiger partial charge in [-0.25, -0.2) is 0 Å². The summed E-state index contributed by atoms with van der Waals surface area (Å²) in [5.74, 6) is 1.39.